The third-order valence-corrected chi connectivity index (χ3v) is 3.87. The summed E-state index contributed by atoms with van der Waals surface area (Å²) in [6.45, 7) is 10.9. The van der Waals surface area contributed by atoms with Crippen LogP contribution in [0, 0.1) is 5.41 Å². The topological polar surface area (TPSA) is 29.3 Å². The summed E-state index contributed by atoms with van der Waals surface area (Å²) in [6.07, 6.45) is 0.966. The standard InChI is InChI=1S/C16H28N2/c1-13(16(2,3)4)18(5)12-15-9-7-6-8-14(15)10-11-17/h6-9,13H,10-12,17H2,1-5H3. The molecule has 2 nitrogen and oxygen atoms in total. The zero-order chi connectivity index (χ0) is 13.8. The van der Waals surface area contributed by atoms with Gasteiger partial charge in [-0.3, -0.25) is 4.90 Å². The van der Waals surface area contributed by atoms with E-state index in [1.165, 1.54) is 11.1 Å². The van der Waals surface area contributed by atoms with Gasteiger partial charge in [0, 0.05) is 12.6 Å². The first kappa shape index (κ1) is 15.2. The molecule has 1 rings (SSSR count). The van der Waals surface area contributed by atoms with Crippen LogP contribution in [-0.4, -0.2) is 24.5 Å². The second kappa shape index (κ2) is 6.35. The van der Waals surface area contributed by atoms with Crippen molar-refractivity contribution in [2.24, 2.45) is 11.1 Å². The van der Waals surface area contributed by atoms with Gasteiger partial charge in [0.25, 0.3) is 0 Å². The highest BCUT2D eigenvalue weighted by atomic mass is 15.1. The first-order valence-electron chi connectivity index (χ1n) is 6.83. The number of hydrogen-bond acceptors (Lipinski definition) is 2. The monoisotopic (exact) mass is 248 g/mol. The van der Waals surface area contributed by atoms with Crippen LogP contribution in [0.5, 0.6) is 0 Å². The Balaban J connectivity index is 2.78. The Morgan fingerprint density at radius 2 is 1.72 bits per heavy atom. The van der Waals surface area contributed by atoms with Crippen LogP contribution in [0.3, 0.4) is 0 Å². The molecule has 0 bridgehead atoms. The van der Waals surface area contributed by atoms with E-state index < -0.39 is 0 Å². The van der Waals surface area contributed by atoms with Gasteiger partial charge in [0.1, 0.15) is 0 Å². The van der Waals surface area contributed by atoms with E-state index in [1.54, 1.807) is 0 Å². The molecule has 0 saturated carbocycles. The van der Waals surface area contributed by atoms with Crippen LogP contribution in [-0.2, 0) is 13.0 Å². The number of benzene rings is 1. The lowest BCUT2D eigenvalue weighted by atomic mass is 9.87. The molecule has 18 heavy (non-hydrogen) atoms. The quantitative estimate of drug-likeness (QED) is 0.868. The van der Waals surface area contributed by atoms with E-state index >= 15 is 0 Å². The van der Waals surface area contributed by atoms with Crippen molar-refractivity contribution < 1.29 is 0 Å². The molecule has 1 unspecified atom stereocenters. The van der Waals surface area contributed by atoms with E-state index in [4.69, 9.17) is 5.73 Å². The molecule has 0 aromatic heterocycles. The Morgan fingerprint density at radius 1 is 1.17 bits per heavy atom. The SMILES string of the molecule is CC(N(C)Cc1ccccc1CCN)C(C)(C)C. The summed E-state index contributed by atoms with van der Waals surface area (Å²) < 4.78 is 0. The second-order valence-corrected chi connectivity index (χ2v) is 6.26. The largest absolute Gasteiger partial charge is 0.330 e. The Morgan fingerprint density at radius 3 is 2.22 bits per heavy atom. The molecule has 0 saturated heterocycles. The number of rotatable bonds is 5. The van der Waals surface area contributed by atoms with Crippen LogP contribution >= 0.6 is 0 Å². The molecule has 0 amide bonds. The summed E-state index contributed by atoms with van der Waals surface area (Å²) in [5, 5.41) is 0. The van der Waals surface area contributed by atoms with Gasteiger partial charge in [-0.1, -0.05) is 45.0 Å². The van der Waals surface area contributed by atoms with Crippen LogP contribution in [0.1, 0.15) is 38.8 Å². The van der Waals surface area contributed by atoms with E-state index in [2.05, 4.69) is 63.9 Å². The van der Waals surface area contributed by atoms with Gasteiger partial charge in [-0.25, -0.2) is 0 Å². The summed E-state index contributed by atoms with van der Waals surface area (Å²) in [5.41, 5.74) is 8.77. The predicted molar refractivity (Wildman–Crippen MR) is 79.6 cm³/mol. The van der Waals surface area contributed by atoms with Crippen LogP contribution in [0.4, 0.5) is 0 Å². The fourth-order valence-electron chi connectivity index (χ4n) is 2.18. The molecule has 1 aromatic rings. The third kappa shape index (κ3) is 4.11. The lowest BCUT2D eigenvalue weighted by Crippen LogP contribution is -2.39. The van der Waals surface area contributed by atoms with Gasteiger partial charge < -0.3 is 5.73 Å². The van der Waals surface area contributed by atoms with Crippen molar-refractivity contribution in [2.45, 2.75) is 46.7 Å². The zero-order valence-corrected chi connectivity index (χ0v) is 12.5. The molecule has 1 aromatic carbocycles. The molecule has 1 atom stereocenters. The molecule has 2 N–H and O–H groups in total. The Labute approximate surface area is 112 Å². The maximum Gasteiger partial charge on any atom is 0.0236 e. The minimum Gasteiger partial charge on any atom is -0.330 e. The van der Waals surface area contributed by atoms with Gasteiger partial charge in [-0.15, -0.1) is 0 Å². The molecular formula is C16H28N2. The molecule has 0 fully saturated rings. The van der Waals surface area contributed by atoms with E-state index in [-0.39, 0.29) is 0 Å². The fourth-order valence-corrected chi connectivity index (χ4v) is 2.18. The molecule has 0 aliphatic rings. The van der Waals surface area contributed by atoms with Crippen molar-refractivity contribution in [3.05, 3.63) is 35.4 Å². The van der Waals surface area contributed by atoms with Crippen molar-refractivity contribution >= 4 is 0 Å². The summed E-state index contributed by atoms with van der Waals surface area (Å²) in [6, 6.07) is 9.17. The molecule has 0 spiro atoms. The Bertz CT molecular complexity index is 366. The number of nitrogens with zero attached hydrogens (tertiary/aromatic N) is 1. The van der Waals surface area contributed by atoms with Gasteiger partial charge in [-0.05, 0) is 43.5 Å². The fraction of sp³-hybridized carbons (Fsp3) is 0.625. The first-order chi connectivity index (χ1) is 8.36. The molecule has 0 radical (unpaired) electrons. The highest BCUT2D eigenvalue weighted by Gasteiger charge is 2.24. The summed E-state index contributed by atoms with van der Waals surface area (Å²) >= 11 is 0. The Hall–Kier alpha value is -0.860. The van der Waals surface area contributed by atoms with E-state index in [1.807, 2.05) is 0 Å². The predicted octanol–water partition coefficient (Wildman–Crippen LogP) is 3.05. The van der Waals surface area contributed by atoms with Crippen LogP contribution in [0.25, 0.3) is 0 Å². The van der Waals surface area contributed by atoms with Crippen molar-refractivity contribution in [3.63, 3.8) is 0 Å². The number of nitrogens with two attached hydrogens (primary N) is 1. The maximum atomic E-state index is 5.68. The molecule has 102 valence electrons. The third-order valence-electron chi connectivity index (χ3n) is 3.87. The minimum absolute atomic E-state index is 0.303. The van der Waals surface area contributed by atoms with Crippen molar-refractivity contribution in [2.75, 3.05) is 13.6 Å². The van der Waals surface area contributed by atoms with Gasteiger partial charge in [0.2, 0.25) is 0 Å². The van der Waals surface area contributed by atoms with Crippen LogP contribution < -0.4 is 5.73 Å². The summed E-state index contributed by atoms with van der Waals surface area (Å²) in [4.78, 5) is 2.43. The van der Waals surface area contributed by atoms with E-state index in [0.717, 1.165) is 19.5 Å². The molecule has 0 aliphatic carbocycles. The van der Waals surface area contributed by atoms with E-state index in [9.17, 15) is 0 Å². The zero-order valence-electron chi connectivity index (χ0n) is 12.5. The van der Waals surface area contributed by atoms with Crippen molar-refractivity contribution in [1.82, 2.24) is 4.90 Å². The number of hydrogen-bond donors (Lipinski definition) is 1. The second-order valence-electron chi connectivity index (χ2n) is 6.26. The van der Waals surface area contributed by atoms with Gasteiger partial charge in [-0.2, -0.15) is 0 Å². The lowest BCUT2D eigenvalue weighted by Gasteiger charge is -2.35. The smallest absolute Gasteiger partial charge is 0.0236 e. The normalized spacial score (nSPS) is 13.9. The lowest BCUT2D eigenvalue weighted by molar-refractivity contribution is 0.134. The highest BCUT2D eigenvalue weighted by molar-refractivity contribution is 5.27. The van der Waals surface area contributed by atoms with Gasteiger partial charge >= 0.3 is 0 Å². The highest BCUT2D eigenvalue weighted by Crippen LogP contribution is 2.24. The molecule has 2 heteroatoms. The summed E-state index contributed by atoms with van der Waals surface area (Å²) in [5.74, 6) is 0. The minimum atomic E-state index is 0.303. The molecule has 0 heterocycles. The summed E-state index contributed by atoms with van der Waals surface area (Å²) in [7, 11) is 2.20. The van der Waals surface area contributed by atoms with E-state index in [0.29, 0.717) is 11.5 Å². The van der Waals surface area contributed by atoms with Gasteiger partial charge in [0.15, 0.2) is 0 Å². The average Bonchev–Trinajstić information content (AvgIpc) is 2.29. The maximum absolute atomic E-state index is 5.68. The average molecular weight is 248 g/mol. The molecular weight excluding hydrogens is 220 g/mol. The van der Waals surface area contributed by atoms with Gasteiger partial charge in [0.05, 0.1) is 0 Å². The van der Waals surface area contributed by atoms with Crippen molar-refractivity contribution in [3.8, 4) is 0 Å². The van der Waals surface area contributed by atoms with Crippen LogP contribution in [0.2, 0.25) is 0 Å². The Kier molecular flexibility index (Phi) is 5.36. The van der Waals surface area contributed by atoms with Crippen LogP contribution in [0.15, 0.2) is 24.3 Å². The first-order valence-corrected chi connectivity index (χ1v) is 6.83. The van der Waals surface area contributed by atoms with Crippen molar-refractivity contribution in [1.29, 1.82) is 0 Å². The molecule has 0 aliphatic heterocycles.